The fourth-order valence-electron chi connectivity index (χ4n) is 2.34. The van der Waals surface area contributed by atoms with Crippen LogP contribution in [0.3, 0.4) is 0 Å². The third-order valence-electron chi connectivity index (χ3n) is 3.96. The molecule has 0 aliphatic heterocycles. The highest BCUT2D eigenvalue weighted by molar-refractivity contribution is 6.42. The lowest BCUT2D eigenvalue weighted by Crippen LogP contribution is -2.22. The first-order valence-corrected chi connectivity index (χ1v) is 9.71. The van der Waals surface area contributed by atoms with Crippen molar-refractivity contribution in [3.05, 3.63) is 54.1 Å². The third-order valence-corrected chi connectivity index (χ3v) is 3.96. The van der Waals surface area contributed by atoms with Gasteiger partial charge in [0.05, 0.1) is 5.71 Å². The van der Waals surface area contributed by atoms with Crippen LogP contribution < -0.4 is 33.2 Å². The van der Waals surface area contributed by atoms with E-state index in [2.05, 4.69) is 36.4 Å². The van der Waals surface area contributed by atoms with Gasteiger partial charge in [0.2, 0.25) is 5.96 Å². The van der Waals surface area contributed by atoms with Crippen LogP contribution in [0.15, 0.2) is 68.9 Å². The number of nitrogens with one attached hydrogen (secondary N) is 3. The number of benzene rings is 2. The predicted molar refractivity (Wildman–Crippen MR) is 133 cm³/mol. The highest BCUT2D eigenvalue weighted by Gasteiger charge is 2.08. The molecule has 0 aliphatic rings. The zero-order valence-electron chi connectivity index (χ0n) is 18.5. The van der Waals surface area contributed by atoms with Crippen LogP contribution in [-0.4, -0.2) is 35.2 Å². The van der Waals surface area contributed by atoms with Gasteiger partial charge in [0.15, 0.2) is 0 Å². The number of hydrogen-bond acceptors (Lipinski definition) is 6. The second-order valence-corrected chi connectivity index (χ2v) is 6.83. The van der Waals surface area contributed by atoms with Crippen molar-refractivity contribution in [1.82, 2.24) is 0 Å². The van der Waals surface area contributed by atoms with Crippen molar-refractivity contribution < 1.29 is 9.59 Å². The molecule has 172 valence electrons. The summed E-state index contributed by atoms with van der Waals surface area (Å²) in [6, 6.07) is 13.2. The lowest BCUT2D eigenvalue weighted by Gasteiger charge is -2.09. The molecular weight excluding hydrogens is 424 g/mol. The van der Waals surface area contributed by atoms with Gasteiger partial charge in [-0.25, -0.2) is 4.79 Å². The zero-order chi connectivity index (χ0) is 24.4. The molecule has 0 heterocycles. The summed E-state index contributed by atoms with van der Waals surface area (Å²) in [6.45, 7) is 4.85. The maximum absolute atomic E-state index is 12.3. The van der Waals surface area contributed by atoms with Crippen LogP contribution in [-0.2, 0) is 4.79 Å². The van der Waals surface area contributed by atoms with Crippen molar-refractivity contribution in [2.24, 2.45) is 37.6 Å². The number of rotatable bonds is 7. The highest BCUT2D eigenvalue weighted by atomic mass is 16.2. The van der Waals surface area contributed by atoms with Gasteiger partial charge in [-0.05, 0) is 62.7 Å². The molecule has 0 aliphatic carbocycles. The summed E-state index contributed by atoms with van der Waals surface area (Å²) in [7, 11) is 0. The van der Waals surface area contributed by atoms with Crippen LogP contribution >= 0.6 is 0 Å². The van der Waals surface area contributed by atoms with Crippen LogP contribution in [0.1, 0.15) is 26.3 Å². The molecule has 0 aromatic heterocycles. The Labute approximate surface area is 190 Å². The molecule has 2 rings (SSSR count). The molecule has 12 heteroatoms. The number of carbonyl (C=O) groups is 2. The average Bonchev–Trinajstić information content (AvgIpc) is 2.77. The van der Waals surface area contributed by atoms with Gasteiger partial charge < -0.3 is 33.2 Å². The molecule has 0 saturated heterocycles. The Hall–Kier alpha value is -4.74. The molecule has 33 heavy (non-hydrogen) atoms. The molecular formula is C21H26N10O2. The molecule has 0 fully saturated rings. The molecule has 2 aromatic rings. The van der Waals surface area contributed by atoms with E-state index in [-0.39, 0.29) is 17.5 Å². The van der Waals surface area contributed by atoms with E-state index in [4.69, 9.17) is 17.2 Å². The number of nitrogens with zero attached hydrogens (tertiary/aromatic N) is 4. The summed E-state index contributed by atoms with van der Waals surface area (Å²) in [5.41, 5.74) is 19.1. The van der Waals surface area contributed by atoms with E-state index >= 15 is 0 Å². The van der Waals surface area contributed by atoms with Crippen molar-refractivity contribution in [3.8, 4) is 0 Å². The minimum Gasteiger partial charge on any atom is -0.386 e. The van der Waals surface area contributed by atoms with Crippen molar-refractivity contribution in [1.29, 1.82) is 0 Å². The van der Waals surface area contributed by atoms with Gasteiger partial charge in [-0.15, -0.1) is 15.3 Å². The molecule has 0 bridgehead atoms. The Morgan fingerprint density at radius 1 is 0.667 bits per heavy atom. The first-order valence-electron chi connectivity index (χ1n) is 9.71. The van der Waals surface area contributed by atoms with E-state index in [1.807, 2.05) is 0 Å². The van der Waals surface area contributed by atoms with Crippen molar-refractivity contribution in [3.63, 3.8) is 0 Å². The third kappa shape index (κ3) is 8.49. The number of amidine groups is 1. The molecule has 0 radical (unpaired) electrons. The van der Waals surface area contributed by atoms with Gasteiger partial charge >= 0.3 is 6.03 Å². The quantitative estimate of drug-likeness (QED) is 0.213. The topological polar surface area (TPSA) is 198 Å². The maximum atomic E-state index is 12.3. The molecule has 2 aromatic carbocycles. The molecule has 0 atom stereocenters. The SMILES string of the molecule is CC(N)=N/N=C(\C)C(=O)Nc1ccc(NC(=O)Nc2ccc(/C(C)=N\N=C(N)N)cc2)cc1. The minimum absolute atomic E-state index is 0.129. The number of guanidine groups is 1. The van der Waals surface area contributed by atoms with Crippen molar-refractivity contribution in [2.75, 3.05) is 16.0 Å². The van der Waals surface area contributed by atoms with Gasteiger partial charge in [0.1, 0.15) is 11.5 Å². The fourth-order valence-corrected chi connectivity index (χ4v) is 2.34. The van der Waals surface area contributed by atoms with Gasteiger partial charge in [-0.3, -0.25) is 4.79 Å². The van der Waals surface area contributed by atoms with Gasteiger partial charge in [0.25, 0.3) is 5.91 Å². The largest absolute Gasteiger partial charge is 0.386 e. The number of nitrogens with two attached hydrogens (primary N) is 3. The maximum Gasteiger partial charge on any atom is 0.323 e. The zero-order valence-corrected chi connectivity index (χ0v) is 18.5. The Bertz CT molecular complexity index is 1110. The van der Waals surface area contributed by atoms with E-state index in [1.165, 1.54) is 6.92 Å². The summed E-state index contributed by atoms with van der Waals surface area (Å²) in [5, 5.41) is 23.0. The number of carbonyl (C=O) groups excluding carboxylic acids is 2. The smallest absolute Gasteiger partial charge is 0.323 e. The normalized spacial score (nSPS) is 12.0. The standard InChI is InChI=1S/C21H26N10O2/c1-12(28-31-20(23)24)15-4-6-17(7-5-15)26-21(33)27-18-10-8-16(9-11-18)25-19(32)13(2)29-30-14(3)22/h4-11H,1-3H3,(H2,22,30)(H,25,32)(H4,23,24,31)(H2,26,27,33)/b28-12-,29-13+. The van der Waals surface area contributed by atoms with Crippen LogP contribution in [0.25, 0.3) is 0 Å². The number of amides is 3. The van der Waals surface area contributed by atoms with E-state index in [0.717, 1.165) is 5.56 Å². The average molecular weight is 451 g/mol. The van der Waals surface area contributed by atoms with E-state index in [0.29, 0.717) is 22.8 Å². The predicted octanol–water partition coefficient (Wildman–Crippen LogP) is 2.02. The molecule has 0 saturated carbocycles. The van der Waals surface area contributed by atoms with E-state index in [1.54, 1.807) is 62.4 Å². The summed E-state index contributed by atoms with van der Waals surface area (Å²) >= 11 is 0. The first kappa shape index (κ1) is 24.5. The van der Waals surface area contributed by atoms with Crippen LogP contribution in [0.2, 0.25) is 0 Å². The second kappa shape index (κ2) is 11.6. The minimum atomic E-state index is -0.427. The Kier molecular flexibility index (Phi) is 8.62. The fraction of sp³-hybridized carbons (Fsp3) is 0.143. The number of hydrogen-bond donors (Lipinski definition) is 6. The summed E-state index contributed by atoms with van der Waals surface area (Å²) in [4.78, 5) is 24.3. The molecule has 3 amide bonds. The molecule has 0 unspecified atom stereocenters. The Morgan fingerprint density at radius 2 is 1.15 bits per heavy atom. The van der Waals surface area contributed by atoms with Crippen molar-refractivity contribution in [2.45, 2.75) is 20.8 Å². The summed E-state index contributed by atoms with van der Waals surface area (Å²) in [6.07, 6.45) is 0. The number of anilines is 3. The van der Waals surface area contributed by atoms with Crippen LogP contribution in [0, 0.1) is 0 Å². The van der Waals surface area contributed by atoms with E-state index < -0.39 is 11.9 Å². The first-order chi connectivity index (χ1) is 15.6. The van der Waals surface area contributed by atoms with Crippen LogP contribution in [0.4, 0.5) is 21.9 Å². The monoisotopic (exact) mass is 450 g/mol. The molecule has 9 N–H and O–H groups in total. The molecule has 12 nitrogen and oxygen atoms in total. The summed E-state index contributed by atoms with van der Waals surface area (Å²) in [5.74, 6) is -0.296. The Morgan fingerprint density at radius 3 is 1.64 bits per heavy atom. The van der Waals surface area contributed by atoms with Gasteiger partial charge in [0, 0.05) is 17.1 Å². The second-order valence-electron chi connectivity index (χ2n) is 6.83. The van der Waals surface area contributed by atoms with Gasteiger partial charge in [-0.2, -0.15) is 5.10 Å². The number of urea groups is 1. The summed E-state index contributed by atoms with van der Waals surface area (Å²) < 4.78 is 0. The van der Waals surface area contributed by atoms with E-state index in [9.17, 15) is 9.59 Å². The van der Waals surface area contributed by atoms with Gasteiger partial charge in [-0.1, -0.05) is 12.1 Å². The Balaban J connectivity index is 1.92. The lowest BCUT2D eigenvalue weighted by atomic mass is 10.1. The van der Waals surface area contributed by atoms with Crippen LogP contribution in [0.5, 0.6) is 0 Å². The highest BCUT2D eigenvalue weighted by Crippen LogP contribution is 2.15. The lowest BCUT2D eigenvalue weighted by molar-refractivity contribution is -0.110. The molecule has 0 spiro atoms. The van der Waals surface area contributed by atoms with Crippen molar-refractivity contribution >= 4 is 52.2 Å².